The molecule has 0 radical (unpaired) electrons. The fourth-order valence-corrected chi connectivity index (χ4v) is 2.24. The molecule has 3 N–H and O–H groups in total. The van der Waals surface area contributed by atoms with E-state index in [9.17, 15) is 9.59 Å². The molecule has 0 aliphatic carbocycles. The van der Waals surface area contributed by atoms with Crippen LogP contribution in [-0.4, -0.2) is 18.4 Å². The molecule has 6 heteroatoms. The molecule has 0 aromatic heterocycles. The average Bonchev–Trinajstić information content (AvgIpc) is 2.54. The number of nitrogens with two attached hydrogens (primary N) is 1. The summed E-state index contributed by atoms with van der Waals surface area (Å²) in [6.45, 7) is 1.73. The van der Waals surface area contributed by atoms with E-state index in [-0.39, 0.29) is 18.6 Å². The van der Waals surface area contributed by atoms with Crippen molar-refractivity contribution < 1.29 is 14.3 Å². The molecule has 23 heavy (non-hydrogen) atoms. The van der Waals surface area contributed by atoms with Crippen molar-refractivity contribution in [2.45, 2.75) is 13.0 Å². The molecule has 0 spiro atoms. The lowest BCUT2D eigenvalue weighted by Gasteiger charge is -2.14. The van der Waals surface area contributed by atoms with Gasteiger partial charge in [-0.1, -0.05) is 28.1 Å². The van der Waals surface area contributed by atoms with Crippen molar-refractivity contribution in [2.75, 3.05) is 6.61 Å². The predicted octanol–water partition coefficient (Wildman–Crippen LogP) is 2.80. The molecule has 0 bridgehead atoms. The second kappa shape index (κ2) is 7.78. The Balaban J connectivity index is 1.97. The monoisotopic (exact) mass is 376 g/mol. The van der Waals surface area contributed by atoms with Crippen molar-refractivity contribution in [1.29, 1.82) is 0 Å². The molecule has 120 valence electrons. The molecule has 0 saturated heterocycles. The summed E-state index contributed by atoms with van der Waals surface area (Å²) in [4.78, 5) is 22.9. The van der Waals surface area contributed by atoms with Crippen LogP contribution >= 0.6 is 15.9 Å². The van der Waals surface area contributed by atoms with Gasteiger partial charge in [-0.25, -0.2) is 0 Å². The first-order chi connectivity index (χ1) is 11.0. The summed E-state index contributed by atoms with van der Waals surface area (Å²) < 4.78 is 6.15. The summed E-state index contributed by atoms with van der Waals surface area (Å²) in [6, 6.07) is 14.2. The van der Waals surface area contributed by atoms with Crippen LogP contribution in [0.5, 0.6) is 5.75 Å². The van der Waals surface area contributed by atoms with E-state index in [0.717, 1.165) is 10.0 Å². The maximum absolute atomic E-state index is 12.2. The lowest BCUT2D eigenvalue weighted by Crippen LogP contribution is -2.26. The van der Waals surface area contributed by atoms with Gasteiger partial charge in [-0.3, -0.25) is 9.59 Å². The lowest BCUT2D eigenvalue weighted by molar-refractivity contribution is -0.119. The molecule has 2 rings (SSSR count). The van der Waals surface area contributed by atoms with Gasteiger partial charge in [0.25, 0.3) is 11.8 Å². The predicted molar refractivity (Wildman–Crippen MR) is 91.2 cm³/mol. The minimum absolute atomic E-state index is 0.110. The number of halogens is 1. The van der Waals surface area contributed by atoms with Gasteiger partial charge < -0.3 is 15.8 Å². The molecule has 1 unspecified atom stereocenters. The quantitative estimate of drug-likeness (QED) is 0.812. The summed E-state index contributed by atoms with van der Waals surface area (Å²) in [6.07, 6.45) is 0. The Morgan fingerprint density at radius 2 is 1.74 bits per heavy atom. The van der Waals surface area contributed by atoms with Gasteiger partial charge in [0.1, 0.15) is 5.75 Å². The number of benzene rings is 2. The van der Waals surface area contributed by atoms with E-state index in [4.69, 9.17) is 10.5 Å². The Bertz CT molecular complexity index is 684. The number of carbonyl (C=O) groups excluding carboxylic acids is 2. The topological polar surface area (TPSA) is 81.4 Å². The summed E-state index contributed by atoms with van der Waals surface area (Å²) in [5, 5.41) is 2.93. The van der Waals surface area contributed by atoms with Crippen molar-refractivity contribution >= 4 is 27.7 Å². The Morgan fingerprint density at radius 3 is 2.30 bits per heavy atom. The van der Waals surface area contributed by atoms with Crippen molar-refractivity contribution in [1.82, 2.24) is 5.32 Å². The maximum atomic E-state index is 12.2. The third-order valence-electron chi connectivity index (χ3n) is 3.22. The number of carbonyl (C=O) groups is 2. The van der Waals surface area contributed by atoms with Crippen LogP contribution in [0.25, 0.3) is 0 Å². The van der Waals surface area contributed by atoms with Gasteiger partial charge in [-0.15, -0.1) is 0 Å². The molecule has 2 aromatic rings. The van der Waals surface area contributed by atoms with E-state index in [2.05, 4.69) is 21.2 Å². The third-order valence-corrected chi connectivity index (χ3v) is 3.74. The zero-order chi connectivity index (χ0) is 16.8. The van der Waals surface area contributed by atoms with E-state index < -0.39 is 5.91 Å². The molecule has 0 heterocycles. The number of rotatable bonds is 6. The number of hydrogen-bond acceptors (Lipinski definition) is 3. The normalized spacial score (nSPS) is 11.6. The van der Waals surface area contributed by atoms with Crippen molar-refractivity contribution in [2.24, 2.45) is 5.73 Å². The smallest absolute Gasteiger partial charge is 0.255 e. The largest absolute Gasteiger partial charge is 0.484 e. The summed E-state index contributed by atoms with van der Waals surface area (Å²) in [5.41, 5.74) is 6.54. The maximum Gasteiger partial charge on any atom is 0.255 e. The number of hydrogen-bond donors (Lipinski definition) is 2. The van der Waals surface area contributed by atoms with Crippen LogP contribution in [0, 0.1) is 0 Å². The highest BCUT2D eigenvalue weighted by Gasteiger charge is 2.11. The van der Waals surface area contributed by atoms with Gasteiger partial charge in [0.2, 0.25) is 0 Å². The van der Waals surface area contributed by atoms with Gasteiger partial charge in [0, 0.05) is 10.0 Å². The molecule has 5 nitrogen and oxygen atoms in total. The minimum atomic E-state index is -0.546. The lowest BCUT2D eigenvalue weighted by atomic mass is 10.1. The number of amides is 2. The second-order valence-electron chi connectivity index (χ2n) is 5.03. The van der Waals surface area contributed by atoms with Crippen molar-refractivity contribution in [3.63, 3.8) is 0 Å². The zero-order valence-corrected chi connectivity index (χ0v) is 14.2. The first kappa shape index (κ1) is 17.0. The second-order valence-corrected chi connectivity index (χ2v) is 5.94. The van der Waals surface area contributed by atoms with Gasteiger partial charge in [0.05, 0.1) is 6.04 Å². The zero-order valence-electron chi connectivity index (χ0n) is 12.6. The number of ether oxygens (including phenoxy) is 1. The van der Waals surface area contributed by atoms with Crippen LogP contribution in [-0.2, 0) is 4.79 Å². The highest BCUT2D eigenvalue weighted by atomic mass is 79.9. The molecular formula is C17H17BrN2O3. The Hall–Kier alpha value is -2.34. The summed E-state index contributed by atoms with van der Waals surface area (Å²) >= 11 is 3.38. The molecule has 0 aliphatic rings. The van der Waals surface area contributed by atoms with E-state index in [1.54, 1.807) is 24.3 Å². The Kier molecular flexibility index (Phi) is 5.76. The Labute approximate surface area is 143 Å². The van der Waals surface area contributed by atoms with Crippen LogP contribution in [0.3, 0.4) is 0 Å². The standard InChI is InChI=1S/C17H17BrN2O3/c1-11(12-2-6-14(18)7-3-12)20-17(22)13-4-8-15(9-5-13)23-10-16(19)21/h2-9,11H,10H2,1H3,(H2,19,21)(H,20,22). The van der Waals surface area contributed by atoms with Gasteiger partial charge >= 0.3 is 0 Å². The molecule has 2 amide bonds. The van der Waals surface area contributed by atoms with Crippen LogP contribution in [0.1, 0.15) is 28.9 Å². The minimum Gasteiger partial charge on any atom is -0.484 e. The molecular weight excluding hydrogens is 360 g/mol. The average molecular weight is 377 g/mol. The molecule has 0 aliphatic heterocycles. The van der Waals surface area contributed by atoms with Crippen LogP contribution in [0.2, 0.25) is 0 Å². The van der Waals surface area contributed by atoms with Crippen molar-refractivity contribution in [3.8, 4) is 5.75 Å². The fraction of sp³-hybridized carbons (Fsp3) is 0.176. The van der Waals surface area contributed by atoms with Crippen LogP contribution < -0.4 is 15.8 Å². The summed E-state index contributed by atoms with van der Waals surface area (Å²) in [7, 11) is 0. The third kappa shape index (κ3) is 5.10. The first-order valence-corrected chi connectivity index (χ1v) is 7.82. The SMILES string of the molecule is CC(NC(=O)c1ccc(OCC(N)=O)cc1)c1ccc(Br)cc1. The highest BCUT2D eigenvalue weighted by Crippen LogP contribution is 2.18. The van der Waals surface area contributed by atoms with E-state index in [1.807, 2.05) is 31.2 Å². The van der Waals surface area contributed by atoms with Gasteiger partial charge in [0.15, 0.2) is 6.61 Å². The van der Waals surface area contributed by atoms with E-state index in [0.29, 0.717) is 11.3 Å². The van der Waals surface area contributed by atoms with E-state index in [1.165, 1.54) is 0 Å². The Morgan fingerprint density at radius 1 is 1.13 bits per heavy atom. The van der Waals surface area contributed by atoms with Gasteiger partial charge in [-0.2, -0.15) is 0 Å². The van der Waals surface area contributed by atoms with Crippen LogP contribution in [0.4, 0.5) is 0 Å². The number of nitrogens with one attached hydrogen (secondary N) is 1. The first-order valence-electron chi connectivity index (χ1n) is 7.03. The highest BCUT2D eigenvalue weighted by molar-refractivity contribution is 9.10. The van der Waals surface area contributed by atoms with Gasteiger partial charge in [-0.05, 0) is 48.9 Å². The van der Waals surface area contributed by atoms with Crippen molar-refractivity contribution in [3.05, 3.63) is 64.1 Å². The summed E-state index contributed by atoms with van der Waals surface area (Å²) in [5.74, 6) is -0.238. The molecule has 0 saturated carbocycles. The molecule has 0 fully saturated rings. The molecule has 2 aromatic carbocycles. The van der Waals surface area contributed by atoms with E-state index >= 15 is 0 Å². The fourth-order valence-electron chi connectivity index (χ4n) is 1.97. The van der Waals surface area contributed by atoms with Crippen LogP contribution in [0.15, 0.2) is 53.0 Å². The number of primary amides is 1. The molecule has 1 atom stereocenters.